The molecule has 0 spiro atoms. The van der Waals surface area contributed by atoms with Crippen LogP contribution in [0.2, 0.25) is 0 Å². The van der Waals surface area contributed by atoms with Crippen LogP contribution >= 0.6 is 0 Å². The summed E-state index contributed by atoms with van der Waals surface area (Å²) in [6.45, 7) is 7.12. The first kappa shape index (κ1) is 13.1. The summed E-state index contributed by atoms with van der Waals surface area (Å²) in [6, 6.07) is 0. The van der Waals surface area contributed by atoms with Crippen LogP contribution in [0.15, 0.2) is 0 Å². The van der Waals surface area contributed by atoms with E-state index in [0.717, 1.165) is 12.4 Å². The predicted molar refractivity (Wildman–Crippen MR) is 67.3 cm³/mol. The van der Waals surface area contributed by atoms with Crippen LogP contribution in [0.4, 0.5) is 0 Å². The first-order chi connectivity index (χ1) is 8.56. The number of aryl methyl sites for hydroxylation is 1. The maximum absolute atomic E-state index is 11.8. The van der Waals surface area contributed by atoms with Gasteiger partial charge in [-0.25, -0.2) is 4.79 Å². The molecule has 1 saturated carbocycles. The van der Waals surface area contributed by atoms with Crippen LogP contribution in [0.1, 0.15) is 56.0 Å². The summed E-state index contributed by atoms with van der Waals surface area (Å²) in [7, 11) is 0. The van der Waals surface area contributed by atoms with Crippen molar-refractivity contribution in [2.75, 3.05) is 6.61 Å². The van der Waals surface area contributed by atoms with Gasteiger partial charge in [-0.05, 0) is 32.1 Å². The Labute approximate surface area is 108 Å². The summed E-state index contributed by atoms with van der Waals surface area (Å²) in [4.78, 5) is 11.8. The van der Waals surface area contributed by atoms with Gasteiger partial charge in [-0.3, -0.25) is 0 Å². The lowest BCUT2D eigenvalue weighted by atomic mass is 9.89. The zero-order valence-electron chi connectivity index (χ0n) is 11.4. The minimum atomic E-state index is -0.375. The Balaban J connectivity index is 2.21. The van der Waals surface area contributed by atoms with Crippen molar-refractivity contribution < 1.29 is 9.53 Å². The molecule has 0 unspecified atom stereocenters. The van der Waals surface area contributed by atoms with Crippen LogP contribution in [-0.2, 0) is 11.3 Å². The molecule has 0 aliphatic heterocycles. The Kier molecular flexibility index (Phi) is 3.68. The molecule has 0 N–H and O–H groups in total. The minimum absolute atomic E-state index is 0.258. The maximum Gasteiger partial charge on any atom is 0.376 e. The molecule has 0 radical (unpaired) electrons. The van der Waals surface area contributed by atoms with Gasteiger partial charge in [0.1, 0.15) is 5.82 Å². The summed E-state index contributed by atoms with van der Waals surface area (Å²) >= 11 is 0. The smallest absolute Gasteiger partial charge is 0.376 e. The molecule has 1 aromatic rings. The van der Waals surface area contributed by atoms with Gasteiger partial charge in [-0.1, -0.05) is 19.8 Å². The van der Waals surface area contributed by atoms with Crippen molar-refractivity contribution in [2.45, 2.75) is 53.0 Å². The van der Waals surface area contributed by atoms with Crippen LogP contribution in [0.25, 0.3) is 0 Å². The van der Waals surface area contributed by atoms with Crippen molar-refractivity contribution in [1.29, 1.82) is 0 Å². The number of nitrogens with zero attached hydrogens (tertiary/aromatic N) is 3. The highest BCUT2D eigenvalue weighted by Crippen LogP contribution is 2.39. The lowest BCUT2D eigenvalue weighted by Crippen LogP contribution is -2.24. The molecule has 1 heterocycles. The molecule has 18 heavy (non-hydrogen) atoms. The number of carbonyl (C=O) groups is 1. The molecule has 100 valence electrons. The summed E-state index contributed by atoms with van der Waals surface area (Å²) in [6.07, 6.45) is 4.94. The normalized spacial score (nSPS) is 17.9. The Hall–Kier alpha value is -1.39. The lowest BCUT2D eigenvalue weighted by Gasteiger charge is -2.24. The molecule has 0 atom stereocenters. The summed E-state index contributed by atoms with van der Waals surface area (Å²) in [5.41, 5.74) is 0.258. The van der Waals surface area contributed by atoms with Crippen LogP contribution in [0, 0.1) is 12.3 Å². The monoisotopic (exact) mass is 251 g/mol. The fourth-order valence-corrected chi connectivity index (χ4v) is 2.69. The number of esters is 1. The third kappa shape index (κ3) is 2.54. The molecule has 1 aliphatic rings. The topological polar surface area (TPSA) is 57.0 Å². The fourth-order valence-electron chi connectivity index (χ4n) is 2.69. The van der Waals surface area contributed by atoms with Gasteiger partial charge in [0.2, 0.25) is 5.82 Å². The highest BCUT2D eigenvalue weighted by atomic mass is 16.5. The second kappa shape index (κ2) is 5.08. The first-order valence-corrected chi connectivity index (χ1v) is 6.63. The Morgan fingerprint density at radius 1 is 1.39 bits per heavy atom. The van der Waals surface area contributed by atoms with E-state index in [0.29, 0.717) is 12.4 Å². The van der Waals surface area contributed by atoms with Gasteiger partial charge >= 0.3 is 5.97 Å². The SMILES string of the molecule is CCOC(=O)c1nnc(C)n1CC1(C)CCCC1. The first-order valence-electron chi connectivity index (χ1n) is 6.63. The molecule has 1 aliphatic carbocycles. The average Bonchev–Trinajstić information content (AvgIpc) is 2.88. The van der Waals surface area contributed by atoms with Crippen molar-refractivity contribution in [3.05, 3.63) is 11.6 Å². The Morgan fingerprint density at radius 3 is 2.67 bits per heavy atom. The summed E-state index contributed by atoms with van der Waals surface area (Å²) < 4.78 is 6.92. The highest BCUT2D eigenvalue weighted by molar-refractivity contribution is 5.85. The second-order valence-electron chi connectivity index (χ2n) is 5.40. The third-order valence-electron chi connectivity index (χ3n) is 3.74. The van der Waals surface area contributed by atoms with Crippen molar-refractivity contribution >= 4 is 5.97 Å². The van der Waals surface area contributed by atoms with Crippen molar-refractivity contribution in [2.24, 2.45) is 5.41 Å². The van der Waals surface area contributed by atoms with Crippen LogP contribution in [0.3, 0.4) is 0 Å². The van der Waals surface area contributed by atoms with E-state index >= 15 is 0 Å². The van der Waals surface area contributed by atoms with Gasteiger partial charge in [0.15, 0.2) is 0 Å². The van der Waals surface area contributed by atoms with Gasteiger partial charge in [0.25, 0.3) is 0 Å². The number of hydrogen-bond acceptors (Lipinski definition) is 4. The number of hydrogen-bond donors (Lipinski definition) is 0. The molecule has 0 saturated heterocycles. The Morgan fingerprint density at radius 2 is 2.06 bits per heavy atom. The average molecular weight is 251 g/mol. The van der Waals surface area contributed by atoms with Crippen LogP contribution in [-0.4, -0.2) is 27.3 Å². The molecular formula is C13H21N3O2. The lowest BCUT2D eigenvalue weighted by molar-refractivity contribution is 0.0502. The highest BCUT2D eigenvalue weighted by Gasteiger charge is 2.31. The van der Waals surface area contributed by atoms with E-state index in [2.05, 4.69) is 17.1 Å². The molecule has 1 fully saturated rings. The molecule has 0 aromatic carbocycles. The molecular weight excluding hydrogens is 230 g/mol. The van der Waals surface area contributed by atoms with Crippen LogP contribution < -0.4 is 0 Å². The number of carbonyl (C=O) groups excluding carboxylic acids is 1. The predicted octanol–water partition coefficient (Wildman–Crippen LogP) is 2.34. The largest absolute Gasteiger partial charge is 0.460 e. The van der Waals surface area contributed by atoms with Gasteiger partial charge < -0.3 is 9.30 Å². The van der Waals surface area contributed by atoms with E-state index in [9.17, 15) is 4.79 Å². The third-order valence-corrected chi connectivity index (χ3v) is 3.74. The van der Waals surface area contributed by atoms with Gasteiger partial charge in [-0.2, -0.15) is 0 Å². The van der Waals surface area contributed by atoms with Gasteiger partial charge in [0.05, 0.1) is 6.61 Å². The molecule has 5 nitrogen and oxygen atoms in total. The van der Waals surface area contributed by atoms with E-state index < -0.39 is 0 Å². The van der Waals surface area contributed by atoms with E-state index in [1.165, 1.54) is 25.7 Å². The van der Waals surface area contributed by atoms with Crippen LogP contribution in [0.5, 0.6) is 0 Å². The molecule has 2 rings (SSSR count). The van der Waals surface area contributed by atoms with Crippen molar-refractivity contribution in [3.8, 4) is 0 Å². The van der Waals surface area contributed by atoms with Crippen molar-refractivity contribution in [1.82, 2.24) is 14.8 Å². The Bertz CT molecular complexity index is 433. The second-order valence-corrected chi connectivity index (χ2v) is 5.40. The summed E-state index contributed by atoms with van der Waals surface area (Å²) in [5, 5.41) is 7.95. The number of ether oxygens (including phenoxy) is 1. The molecule has 0 amide bonds. The fraction of sp³-hybridized carbons (Fsp3) is 0.769. The number of rotatable bonds is 4. The zero-order valence-corrected chi connectivity index (χ0v) is 11.4. The quantitative estimate of drug-likeness (QED) is 0.771. The molecule has 5 heteroatoms. The van der Waals surface area contributed by atoms with E-state index in [4.69, 9.17) is 4.74 Å². The van der Waals surface area contributed by atoms with Crippen molar-refractivity contribution in [3.63, 3.8) is 0 Å². The zero-order chi connectivity index (χ0) is 13.2. The van der Waals surface area contributed by atoms with Gasteiger partial charge in [0, 0.05) is 6.54 Å². The maximum atomic E-state index is 11.8. The standard InChI is InChI=1S/C13H21N3O2/c1-4-18-12(17)11-15-14-10(2)16(11)9-13(3)7-5-6-8-13/h4-9H2,1-3H3. The number of aromatic nitrogens is 3. The minimum Gasteiger partial charge on any atom is -0.460 e. The van der Waals surface area contributed by atoms with E-state index in [1.807, 2.05) is 11.5 Å². The van der Waals surface area contributed by atoms with Gasteiger partial charge in [-0.15, -0.1) is 10.2 Å². The summed E-state index contributed by atoms with van der Waals surface area (Å²) in [5.74, 6) is 0.744. The van der Waals surface area contributed by atoms with E-state index in [-0.39, 0.29) is 11.4 Å². The van der Waals surface area contributed by atoms with E-state index in [1.54, 1.807) is 6.92 Å². The molecule has 1 aromatic heterocycles. The molecule has 0 bridgehead atoms.